The molecule has 0 saturated carbocycles. The van der Waals surface area contributed by atoms with Crippen LogP contribution in [-0.4, -0.2) is 0 Å². The number of fused-ring (bicyclic) bond motifs is 2. The van der Waals surface area contributed by atoms with Crippen LogP contribution in [-0.2, 0) is 0 Å². The Morgan fingerprint density at radius 3 is 0.803 bits per heavy atom. The molecule has 16 rings (SSSR count). The third-order valence-corrected chi connectivity index (χ3v) is 16.5. The first-order chi connectivity index (χ1) is 37.6. The van der Waals surface area contributed by atoms with Crippen LogP contribution in [0.15, 0.2) is 279 Å². The van der Waals surface area contributed by atoms with E-state index in [0.29, 0.717) is 0 Å². The Bertz CT molecular complexity index is 4690. The Morgan fingerprint density at radius 1 is 0.132 bits per heavy atom. The summed E-state index contributed by atoms with van der Waals surface area (Å²) >= 11 is 0. The molecule has 0 saturated heterocycles. The van der Waals surface area contributed by atoms with Gasteiger partial charge in [-0.1, -0.05) is 237 Å². The summed E-state index contributed by atoms with van der Waals surface area (Å²) in [4.78, 5) is 0. The number of hydrogen-bond acceptors (Lipinski definition) is 0. The summed E-state index contributed by atoms with van der Waals surface area (Å²) in [6.45, 7) is 0. The molecule has 0 aliphatic carbocycles. The van der Waals surface area contributed by atoms with Crippen molar-refractivity contribution in [1.82, 2.24) is 0 Å². The average Bonchev–Trinajstić information content (AvgIpc) is 3.61. The highest BCUT2D eigenvalue weighted by Gasteiger charge is 2.19. The van der Waals surface area contributed by atoms with Gasteiger partial charge in [0, 0.05) is 0 Å². The van der Waals surface area contributed by atoms with Gasteiger partial charge in [-0.15, -0.1) is 0 Å². The molecule has 350 valence electrons. The standard InChI is InChI=1S/C76H46/c1-2-10-47(11-3-1)62-44-63(56-16-8-18-58(42-56)65-32-24-50-30-38-71-67(34-26-52-28-36-69(65)73(50)75(52)71)60-22-20-48-12-4-6-14-54(48)40-60)46-64(45-62)57-17-9-19-59(43-57)66-33-25-51-31-39-72-68(35-27-53-29-37-70(66)74(51)76(53)72)61-23-21-49-13-5-7-15-55(49)41-61/h1-46H. The molecular formula is C76H46. The molecular weight excluding hydrogens is 913 g/mol. The van der Waals surface area contributed by atoms with Crippen LogP contribution >= 0.6 is 0 Å². The number of hydrogen-bond donors (Lipinski definition) is 0. The van der Waals surface area contributed by atoms with E-state index in [2.05, 4.69) is 279 Å². The van der Waals surface area contributed by atoms with E-state index in [4.69, 9.17) is 0 Å². The summed E-state index contributed by atoms with van der Waals surface area (Å²) in [6, 6.07) is 104. The van der Waals surface area contributed by atoms with Crippen molar-refractivity contribution in [2.24, 2.45) is 0 Å². The SMILES string of the molecule is c1ccc(-c2cc(-c3cccc(-c4ccc5ccc6c(-c7ccc8ccccc8c7)ccc7ccc4c5c76)c3)cc(-c3cccc(-c4ccc5ccc6c(-c7ccc8ccccc8c7)ccc7ccc4c5c76)c3)c2)cc1. The molecule has 0 N–H and O–H groups in total. The molecule has 0 heteroatoms. The fraction of sp³-hybridized carbons (Fsp3) is 0. The molecule has 0 atom stereocenters. The highest BCUT2D eigenvalue weighted by Crippen LogP contribution is 2.46. The van der Waals surface area contributed by atoms with E-state index in [9.17, 15) is 0 Å². The molecule has 16 aromatic rings. The van der Waals surface area contributed by atoms with Gasteiger partial charge in [0.2, 0.25) is 0 Å². The van der Waals surface area contributed by atoms with Crippen molar-refractivity contribution in [2.75, 3.05) is 0 Å². The summed E-state index contributed by atoms with van der Waals surface area (Å²) in [5.74, 6) is 0. The van der Waals surface area contributed by atoms with E-state index < -0.39 is 0 Å². The normalized spacial score (nSPS) is 11.9. The highest BCUT2D eigenvalue weighted by molar-refractivity contribution is 6.29. The van der Waals surface area contributed by atoms with Crippen molar-refractivity contribution in [3.63, 3.8) is 0 Å². The zero-order valence-corrected chi connectivity index (χ0v) is 41.6. The molecule has 0 nitrogen and oxygen atoms in total. The molecule has 0 bridgehead atoms. The van der Waals surface area contributed by atoms with E-state index in [1.807, 2.05) is 0 Å². The Balaban J connectivity index is 0.808. The summed E-state index contributed by atoms with van der Waals surface area (Å²) in [5, 5.41) is 20.5. The number of rotatable bonds is 7. The molecule has 0 spiro atoms. The molecule has 0 aromatic heterocycles. The van der Waals surface area contributed by atoms with Crippen LogP contribution in [0.25, 0.3) is 164 Å². The third kappa shape index (κ3) is 6.78. The maximum Gasteiger partial charge on any atom is -0.00203 e. The average molecular weight is 959 g/mol. The maximum atomic E-state index is 2.40. The first-order valence-electron chi connectivity index (χ1n) is 26.5. The van der Waals surface area contributed by atoms with Gasteiger partial charge in [-0.25, -0.2) is 0 Å². The molecule has 0 fully saturated rings. The zero-order chi connectivity index (χ0) is 49.8. The molecule has 0 aliphatic heterocycles. The van der Waals surface area contributed by atoms with Gasteiger partial charge in [-0.3, -0.25) is 0 Å². The lowest BCUT2D eigenvalue weighted by molar-refractivity contribution is 1.56. The first-order valence-corrected chi connectivity index (χ1v) is 26.5. The lowest BCUT2D eigenvalue weighted by Gasteiger charge is -2.18. The fourth-order valence-corrected chi connectivity index (χ4v) is 12.8. The monoisotopic (exact) mass is 958 g/mol. The van der Waals surface area contributed by atoms with E-state index >= 15 is 0 Å². The smallest absolute Gasteiger partial charge is 0.00203 e. The van der Waals surface area contributed by atoms with Gasteiger partial charge < -0.3 is 0 Å². The minimum atomic E-state index is 1.19. The lowest BCUT2D eigenvalue weighted by atomic mass is 9.86. The van der Waals surface area contributed by atoms with Gasteiger partial charge in [0.15, 0.2) is 0 Å². The van der Waals surface area contributed by atoms with Crippen LogP contribution in [0.2, 0.25) is 0 Å². The molecule has 0 radical (unpaired) electrons. The lowest BCUT2D eigenvalue weighted by Crippen LogP contribution is -1.91. The molecule has 76 heavy (non-hydrogen) atoms. The summed E-state index contributed by atoms with van der Waals surface area (Å²) < 4.78 is 0. The zero-order valence-electron chi connectivity index (χ0n) is 41.6. The van der Waals surface area contributed by atoms with Crippen LogP contribution in [0, 0.1) is 0 Å². The molecule has 0 amide bonds. The Kier molecular flexibility index (Phi) is 9.44. The Labute approximate surface area is 440 Å². The Hall–Kier alpha value is -9.88. The Morgan fingerprint density at radius 2 is 0.408 bits per heavy atom. The van der Waals surface area contributed by atoms with E-state index in [0.717, 1.165) is 0 Å². The van der Waals surface area contributed by atoms with E-state index in [1.165, 1.54) is 164 Å². The summed E-state index contributed by atoms with van der Waals surface area (Å²) in [7, 11) is 0. The predicted molar refractivity (Wildman–Crippen MR) is 327 cm³/mol. The highest BCUT2D eigenvalue weighted by atomic mass is 14.2. The second-order valence-electron chi connectivity index (χ2n) is 20.7. The van der Waals surface area contributed by atoms with Gasteiger partial charge in [-0.2, -0.15) is 0 Å². The summed E-state index contributed by atoms with van der Waals surface area (Å²) in [6.07, 6.45) is 0. The maximum absolute atomic E-state index is 2.40. The molecule has 0 aliphatic rings. The van der Waals surface area contributed by atoms with Gasteiger partial charge in [0.05, 0.1) is 0 Å². The molecule has 0 heterocycles. The van der Waals surface area contributed by atoms with Gasteiger partial charge in [0.1, 0.15) is 0 Å². The van der Waals surface area contributed by atoms with Crippen LogP contribution in [0.5, 0.6) is 0 Å². The molecule has 16 aromatic carbocycles. The van der Waals surface area contributed by atoms with E-state index in [-0.39, 0.29) is 0 Å². The topological polar surface area (TPSA) is 0 Å². The fourth-order valence-electron chi connectivity index (χ4n) is 12.8. The molecule has 0 unspecified atom stereocenters. The van der Waals surface area contributed by atoms with Gasteiger partial charge in [0.25, 0.3) is 0 Å². The van der Waals surface area contributed by atoms with Crippen molar-refractivity contribution in [1.29, 1.82) is 0 Å². The van der Waals surface area contributed by atoms with Crippen molar-refractivity contribution >= 4 is 86.2 Å². The predicted octanol–water partition coefficient (Wildman–Crippen LogP) is 21.5. The largest absolute Gasteiger partial charge is 0.0622 e. The second-order valence-corrected chi connectivity index (χ2v) is 20.7. The third-order valence-electron chi connectivity index (χ3n) is 16.5. The van der Waals surface area contributed by atoms with Crippen LogP contribution in [0.4, 0.5) is 0 Å². The van der Waals surface area contributed by atoms with Crippen molar-refractivity contribution in [2.45, 2.75) is 0 Å². The van der Waals surface area contributed by atoms with Crippen molar-refractivity contribution < 1.29 is 0 Å². The minimum absolute atomic E-state index is 1.19. The quantitative estimate of drug-likeness (QED) is 0.140. The first kappa shape index (κ1) is 42.6. The van der Waals surface area contributed by atoms with Gasteiger partial charge >= 0.3 is 0 Å². The minimum Gasteiger partial charge on any atom is -0.0622 e. The summed E-state index contributed by atoms with van der Waals surface area (Å²) in [5.41, 5.74) is 17.0. The number of benzene rings is 16. The van der Waals surface area contributed by atoms with Crippen LogP contribution < -0.4 is 0 Å². The van der Waals surface area contributed by atoms with Crippen molar-refractivity contribution in [3.8, 4) is 77.9 Å². The van der Waals surface area contributed by atoms with Gasteiger partial charge in [-0.05, 0) is 207 Å². The second kappa shape index (κ2) is 16.8. The van der Waals surface area contributed by atoms with Crippen LogP contribution in [0.1, 0.15) is 0 Å². The van der Waals surface area contributed by atoms with E-state index in [1.54, 1.807) is 0 Å². The van der Waals surface area contributed by atoms with Crippen LogP contribution in [0.3, 0.4) is 0 Å². The van der Waals surface area contributed by atoms with Crippen molar-refractivity contribution in [3.05, 3.63) is 279 Å².